The van der Waals surface area contributed by atoms with Crippen LogP contribution in [0.5, 0.6) is 0 Å². The molecular formula is C12H22O12. The normalized spacial score (nSPS) is 53.1. The summed E-state index contributed by atoms with van der Waals surface area (Å²) in [5.41, 5.74) is 0. The van der Waals surface area contributed by atoms with Crippen LogP contribution >= 0.6 is 0 Å². The Hall–Kier alpha value is -0.480. The molecule has 2 aliphatic heterocycles. The maximum absolute atomic E-state index is 10.2. The highest BCUT2D eigenvalue weighted by atomic mass is 16.9. The van der Waals surface area contributed by atoms with Crippen LogP contribution in [0.15, 0.2) is 0 Å². The SMILES string of the molecule is OC[C@H]1O[C@@H](O[C@]2(O)O[C@H](CO)[C@H](O)[C@H](O)[C@H]2O)[C@H](O)[C@@H](O)[C@H]1O. The van der Waals surface area contributed by atoms with Gasteiger partial charge in [-0.2, -0.15) is 0 Å². The van der Waals surface area contributed by atoms with Crippen LogP contribution < -0.4 is 0 Å². The van der Waals surface area contributed by atoms with Gasteiger partial charge in [0.2, 0.25) is 0 Å². The van der Waals surface area contributed by atoms with Gasteiger partial charge in [-0.1, -0.05) is 0 Å². The van der Waals surface area contributed by atoms with Gasteiger partial charge >= 0.3 is 5.97 Å². The minimum absolute atomic E-state index is 0.757. The summed E-state index contributed by atoms with van der Waals surface area (Å²) < 4.78 is 14.7. The summed E-state index contributed by atoms with van der Waals surface area (Å²) in [4.78, 5) is 0. The zero-order chi connectivity index (χ0) is 18.2. The van der Waals surface area contributed by atoms with E-state index in [2.05, 4.69) is 0 Å². The molecule has 0 saturated carbocycles. The Balaban J connectivity index is 2.18. The molecule has 12 heteroatoms. The molecule has 10 atom stereocenters. The van der Waals surface area contributed by atoms with Crippen LogP contribution in [-0.2, 0) is 14.2 Å². The zero-order valence-electron chi connectivity index (χ0n) is 12.4. The Labute approximate surface area is 135 Å². The molecule has 0 radical (unpaired) electrons. The average Bonchev–Trinajstić information content (AvgIpc) is 2.57. The number of hydrogen-bond acceptors (Lipinski definition) is 12. The van der Waals surface area contributed by atoms with E-state index in [-0.39, 0.29) is 0 Å². The Morgan fingerprint density at radius 1 is 0.750 bits per heavy atom. The van der Waals surface area contributed by atoms with E-state index in [1.165, 1.54) is 0 Å². The van der Waals surface area contributed by atoms with E-state index in [1.807, 2.05) is 0 Å². The summed E-state index contributed by atoms with van der Waals surface area (Å²) in [5.74, 6) is -3.01. The van der Waals surface area contributed by atoms with Gasteiger partial charge in [-0.25, -0.2) is 0 Å². The molecule has 2 fully saturated rings. The zero-order valence-corrected chi connectivity index (χ0v) is 12.4. The third-order valence-electron chi connectivity index (χ3n) is 4.06. The van der Waals surface area contributed by atoms with Crippen molar-refractivity contribution in [2.75, 3.05) is 13.2 Å². The number of aliphatic hydroxyl groups excluding tert-OH is 8. The first kappa shape index (κ1) is 19.8. The van der Waals surface area contributed by atoms with Crippen LogP contribution in [0.4, 0.5) is 0 Å². The first-order valence-electron chi connectivity index (χ1n) is 7.19. The smallest absolute Gasteiger partial charge is 0.313 e. The number of ether oxygens (including phenoxy) is 3. The summed E-state index contributed by atoms with van der Waals surface area (Å²) in [6, 6.07) is 0. The molecule has 0 aromatic heterocycles. The van der Waals surface area contributed by atoms with Gasteiger partial charge in [0.25, 0.3) is 0 Å². The monoisotopic (exact) mass is 358 g/mol. The van der Waals surface area contributed by atoms with Gasteiger partial charge in [0.05, 0.1) is 13.2 Å². The third-order valence-corrected chi connectivity index (χ3v) is 4.06. The van der Waals surface area contributed by atoms with Gasteiger partial charge < -0.3 is 55.4 Å². The van der Waals surface area contributed by atoms with Crippen molar-refractivity contribution in [3.05, 3.63) is 0 Å². The maximum Gasteiger partial charge on any atom is 0.313 e. The van der Waals surface area contributed by atoms with E-state index in [1.54, 1.807) is 0 Å². The molecule has 0 aromatic carbocycles. The molecule has 2 heterocycles. The fourth-order valence-electron chi connectivity index (χ4n) is 2.55. The van der Waals surface area contributed by atoms with E-state index < -0.39 is 74.3 Å². The second kappa shape index (κ2) is 7.41. The van der Waals surface area contributed by atoms with Crippen LogP contribution in [0.25, 0.3) is 0 Å². The lowest BCUT2D eigenvalue weighted by Gasteiger charge is -2.48. The topological polar surface area (TPSA) is 210 Å². The van der Waals surface area contributed by atoms with Crippen LogP contribution in [0.2, 0.25) is 0 Å². The van der Waals surface area contributed by atoms with Gasteiger partial charge in [-0.05, 0) is 0 Å². The van der Waals surface area contributed by atoms with Crippen LogP contribution in [-0.4, -0.2) is 120 Å². The highest BCUT2D eigenvalue weighted by molar-refractivity contribution is 4.94. The summed E-state index contributed by atoms with van der Waals surface area (Å²) in [7, 11) is 0. The molecule has 9 N–H and O–H groups in total. The van der Waals surface area contributed by atoms with Crippen molar-refractivity contribution < 1.29 is 60.2 Å². The number of aliphatic hydroxyl groups is 9. The largest absolute Gasteiger partial charge is 0.394 e. The average molecular weight is 358 g/mol. The van der Waals surface area contributed by atoms with Crippen LogP contribution in [0.3, 0.4) is 0 Å². The fraction of sp³-hybridized carbons (Fsp3) is 1.00. The molecule has 12 nitrogen and oxygen atoms in total. The van der Waals surface area contributed by atoms with Gasteiger partial charge in [-0.3, -0.25) is 4.74 Å². The van der Waals surface area contributed by atoms with Crippen molar-refractivity contribution in [3.8, 4) is 0 Å². The Kier molecular flexibility index (Phi) is 6.12. The molecule has 24 heavy (non-hydrogen) atoms. The molecule has 0 amide bonds. The molecule has 2 rings (SSSR count). The van der Waals surface area contributed by atoms with Gasteiger partial charge in [0.1, 0.15) is 42.7 Å². The van der Waals surface area contributed by atoms with Gasteiger partial charge in [0, 0.05) is 0 Å². The van der Waals surface area contributed by atoms with E-state index in [4.69, 9.17) is 24.4 Å². The van der Waals surface area contributed by atoms with Crippen molar-refractivity contribution in [3.63, 3.8) is 0 Å². The van der Waals surface area contributed by atoms with Crippen LogP contribution in [0.1, 0.15) is 0 Å². The molecule has 2 saturated heterocycles. The van der Waals surface area contributed by atoms with E-state index >= 15 is 0 Å². The molecular weight excluding hydrogens is 336 g/mol. The second-order valence-electron chi connectivity index (χ2n) is 5.71. The highest BCUT2D eigenvalue weighted by Crippen LogP contribution is 2.33. The van der Waals surface area contributed by atoms with E-state index in [0.717, 1.165) is 0 Å². The second-order valence-corrected chi connectivity index (χ2v) is 5.71. The predicted octanol–water partition coefficient (Wildman–Crippen LogP) is -6.08. The Bertz CT molecular complexity index is 419. The first-order valence-corrected chi connectivity index (χ1v) is 7.19. The van der Waals surface area contributed by atoms with Crippen molar-refractivity contribution in [2.45, 2.75) is 61.1 Å². The summed E-state index contributed by atoms with van der Waals surface area (Å²) in [5, 5.41) is 86.7. The quantitative estimate of drug-likeness (QED) is 0.215. The lowest BCUT2D eigenvalue weighted by Crippen LogP contribution is -2.69. The summed E-state index contributed by atoms with van der Waals surface area (Å²) >= 11 is 0. The molecule has 0 spiro atoms. The van der Waals surface area contributed by atoms with Crippen molar-refractivity contribution in [1.82, 2.24) is 0 Å². The summed E-state index contributed by atoms with van der Waals surface area (Å²) in [6.07, 6.45) is -16.1. The molecule has 2 aliphatic rings. The predicted molar refractivity (Wildman–Crippen MR) is 69.8 cm³/mol. The molecule has 0 bridgehead atoms. The van der Waals surface area contributed by atoms with E-state index in [0.29, 0.717) is 0 Å². The lowest BCUT2D eigenvalue weighted by atomic mass is 9.97. The van der Waals surface area contributed by atoms with Crippen molar-refractivity contribution in [2.24, 2.45) is 0 Å². The van der Waals surface area contributed by atoms with E-state index in [9.17, 15) is 35.7 Å². The highest BCUT2D eigenvalue weighted by Gasteiger charge is 2.57. The van der Waals surface area contributed by atoms with Crippen LogP contribution in [0, 0.1) is 0 Å². The molecule has 0 unspecified atom stereocenters. The number of rotatable bonds is 4. The minimum atomic E-state index is -3.01. The number of hydrogen-bond donors (Lipinski definition) is 9. The molecule has 142 valence electrons. The minimum Gasteiger partial charge on any atom is -0.394 e. The Morgan fingerprint density at radius 3 is 1.83 bits per heavy atom. The molecule has 0 aliphatic carbocycles. The van der Waals surface area contributed by atoms with Gasteiger partial charge in [-0.15, -0.1) is 0 Å². The third kappa shape index (κ3) is 3.41. The summed E-state index contributed by atoms with van der Waals surface area (Å²) in [6.45, 7) is -1.60. The maximum atomic E-state index is 10.2. The standard InChI is InChI=1S/C12H22O12/c13-1-3-5(15)7(17)9(19)11(22-3)24-12(21)10(20)8(18)6(16)4(2-14)23-12/h3-11,13-21H,1-2H2/t3-,4-,5+,6+,7+,8+,9-,10-,11+,12-/m1/s1. The fourth-order valence-corrected chi connectivity index (χ4v) is 2.55. The molecule has 0 aromatic rings. The lowest BCUT2D eigenvalue weighted by molar-refractivity contribution is -0.488. The van der Waals surface area contributed by atoms with Gasteiger partial charge in [0.15, 0.2) is 12.4 Å². The first-order chi connectivity index (χ1) is 11.2. The van der Waals surface area contributed by atoms with Crippen molar-refractivity contribution >= 4 is 0 Å². The Morgan fingerprint density at radius 2 is 1.29 bits per heavy atom. The van der Waals surface area contributed by atoms with Crippen molar-refractivity contribution in [1.29, 1.82) is 0 Å².